The van der Waals surface area contributed by atoms with Crippen molar-refractivity contribution in [2.24, 2.45) is 0 Å². The number of aromatic nitrogens is 2. The molecule has 6 nitrogen and oxygen atoms in total. The summed E-state index contributed by atoms with van der Waals surface area (Å²) >= 11 is 0. The van der Waals surface area contributed by atoms with Crippen LogP contribution in [0.15, 0.2) is 4.52 Å². The van der Waals surface area contributed by atoms with Crippen LogP contribution in [0, 0.1) is 6.92 Å². The number of nitrogens with one attached hydrogen (secondary N) is 1. The van der Waals surface area contributed by atoms with E-state index >= 15 is 0 Å². The summed E-state index contributed by atoms with van der Waals surface area (Å²) in [7, 11) is 0. The third-order valence-corrected chi connectivity index (χ3v) is 3.90. The Morgan fingerprint density at radius 2 is 2.00 bits per heavy atom. The Bertz CT molecular complexity index is 459. The Hall–Kier alpha value is -1.43. The van der Waals surface area contributed by atoms with Gasteiger partial charge in [-0.1, -0.05) is 30.8 Å². The number of aryl methyl sites for hydroxylation is 1. The van der Waals surface area contributed by atoms with E-state index in [1.807, 2.05) is 0 Å². The fraction of sp³-hybridized carbons (Fsp3) is 0.769. The van der Waals surface area contributed by atoms with Crippen LogP contribution in [-0.2, 0) is 15.1 Å². The van der Waals surface area contributed by atoms with Crippen LogP contribution in [0.25, 0.3) is 0 Å². The van der Waals surface area contributed by atoms with Crippen molar-refractivity contribution in [2.45, 2.75) is 57.1 Å². The predicted octanol–water partition coefficient (Wildman–Crippen LogP) is 1.44. The maximum Gasteiger partial charge on any atom is 0.252 e. The Balaban J connectivity index is 1.86. The van der Waals surface area contributed by atoms with Crippen molar-refractivity contribution in [3.05, 3.63) is 11.7 Å². The fourth-order valence-corrected chi connectivity index (χ4v) is 2.75. The number of epoxide rings is 1. The van der Waals surface area contributed by atoms with Crippen LogP contribution >= 0.6 is 0 Å². The van der Waals surface area contributed by atoms with Gasteiger partial charge in [-0.25, -0.2) is 0 Å². The van der Waals surface area contributed by atoms with Gasteiger partial charge >= 0.3 is 0 Å². The molecule has 1 atom stereocenters. The van der Waals surface area contributed by atoms with Gasteiger partial charge in [-0.3, -0.25) is 4.79 Å². The largest absolute Gasteiger partial charge is 0.363 e. The minimum Gasteiger partial charge on any atom is -0.363 e. The number of ether oxygens (including phenoxy) is 1. The molecule has 1 aromatic heterocycles. The van der Waals surface area contributed by atoms with Crippen LogP contribution in [0.1, 0.15) is 50.2 Å². The van der Waals surface area contributed by atoms with Crippen molar-refractivity contribution >= 4 is 5.91 Å². The van der Waals surface area contributed by atoms with Crippen LogP contribution in [0.4, 0.5) is 0 Å². The summed E-state index contributed by atoms with van der Waals surface area (Å²) in [6.45, 7) is 2.29. The maximum atomic E-state index is 12.0. The molecule has 1 saturated carbocycles. The normalized spacial score (nSPS) is 25.6. The Kier molecular flexibility index (Phi) is 3.26. The first-order valence-corrected chi connectivity index (χ1v) is 6.94. The van der Waals surface area contributed by atoms with Crippen molar-refractivity contribution in [3.63, 3.8) is 0 Å². The summed E-state index contributed by atoms with van der Waals surface area (Å²) in [5.41, 5.74) is -0.475. The molecule has 2 heterocycles. The average molecular weight is 265 g/mol. The van der Waals surface area contributed by atoms with E-state index in [0.717, 1.165) is 25.7 Å². The van der Waals surface area contributed by atoms with Crippen LogP contribution in [0.5, 0.6) is 0 Å². The number of hydrogen-bond donors (Lipinski definition) is 1. The lowest BCUT2D eigenvalue weighted by molar-refractivity contribution is -0.124. The second kappa shape index (κ2) is 4.92. The highest BCUT2D eigenvalue weighted by molar-refractivity contribution is 5.83. The number of rotatable bonds is 3. The van der Waals surface area contributed by atoms with Crippen LogP contribution in [0.2, 0.25) is 0 Å². The third kappa shape index (κ3) is 2.63. The first kappa shape index (κ1) is 12.6. The molecule has 104 valence electrons. The zero-order valence-corrected chi connectivity index (χ0v) is 11.1. The summed E-state index contributed by atoms with van der Waals surface area (Å²) in [6, 6.07) is 0. The highest BCUT2D eigenvalue weighted by Crippen LogP contribution is 2.35. The molecule has 3 rings (SSSR count). The van der Waals surface area contributed by atoms with Gasteiger partial charge in [0.05, 0.1) is 6.61 Å². The van der Waals surface area contributed by atoms with Gasteiger partial charge < -0.3 is 14.6 Å². The van der Waals surface area contributed by atoms with E-state index < -0.39 is 5.54 Å². The van der Waals surface area contributed by atoms with Gasteiger partial charge in [-0.2, -0.15) is 4.98 Å². The van der Waals surface area contributed by atoms with E-state index in [9.17, 15) is 4.79 Å². The van der Waals surface area contributed by atoms with E-state index in [-0.39, 0.29) is 12.0 Å². The second-order valence-corrected chi connectivity index (χ2v) is 5.44. The molecule has 1 N–H and O–H groups in total. The van der Waals surface area contributed by atoms with Crippen molar-refractivity contribution in [1.82, 2.24) is 15.5 Å². The van der Waals surface area contributed by atoms with Crippen LogP contribution in [-0.4, -0.2) is 28.8 Å². The first-order chi connectivity index (χ1) is 9.20. The molecule has 0 bridgehead atoms. The lowest BCUT2D eigenvalue weighted by Crippen LogP contribution is -2.48. The Labute approximate surface area is 111 Å². The highest BCUT2D eigenvalue weighted by Gasteiger charge is 2.42. The van der Waals surface area contributed by atoms with Crippen molar-refractivity contribution in [3.8, 4) is 0 Å². The summed E-state index contributed by atoms with van der Waals surface area (Å²) in [4.78, 5) is 16.4. The zero-order valence-electron chi connectivity index (χ0n) is 11.1. The molecule has 1 aliphatic carbocycles. The van der Waals surface area contributed by atoms with Crippen molar-refractivity contribution in [2.75, 3.05) is 6.61 Å². The lowest BCUT2D eigenvalue weighted by Gasteiger charge is -2.30. The highest BCUT2D eigenvalue weighted by atomic mass is 16.6. The molecule has 0 radical (unpaired) electrons. The molecular formula is C13H19N3O3. The van der Waals surface area contributed by atoms with E-state index in [1.54, 1.807) is 6.92 Å². The van der Waals surface area contributed by atoms with Gasteiger partial charge in [0.1, 0.15) is 5.54 Å². The number of nitrogens with zero attached hydrogens (tertiary/aromatic N) is 2. The Morgan fingerprint density at radius 3 is 2.53 bits per heavy atom. The SMILES string of the molecule is Cc1nc(C2(NC(=O)C3CO3)CCCCCC2)no1. The first-order valence-electron chi connectivity index (χ1n) is 6.94. The fourth-order valence-electron chi connectivity index (χ4n) is 2.75. The molecule has 1 saturated heterocycles. The topological polar surface area (TPSA) is 80.5 Å². The lowest BCUT2D eigenvalue weighted by atomic mass is 9.89. The second-order valence-electron chi connectivity index (χ2n) is 5.44. The van der Waals surface area contributed by atoms with E-state index in [4.69, 9.17) is 9.26 Å². The molecule has 1 aliphatic heterocycles. The molecule has 2 fully saturated rings. The molecule has 1 amide bonds. The summed E-state index contributed by atoms with van der Waals surface area (Å²) in [5.74, 6) is 1.10. The molecule has 6 heteroatoms. The zero-order chi connectivity index (χ0) is 13.3. The van der Waals surface area contributed by atoms with Crippen LogP contribution < -0.4 is 5.32 Å². The predicted molar refractivity (Wildman–Crippen MR) is 66.3 cm³/mol. The minimum atomic E-state index is -0.475. The monoisotopic (exact) mass is 265 g/mol. The van der Waals surface area contributed by atoms with E-state index in [1.165, 1.54) is 12.8 Å². The summed E-state index contributed by atoms with van der Waals surface area (Å²) in [5, 5.41) is 7.16. The third-order valence-electron chi connectivity index (χ3n) is 3.90. The summed E-state index contributed by atoms with van der Waals surface area (Å²) < 4.78 is 10.2. The molecule has 19 heavy (non-hydrogen) atoms. The van der Waals surface area contributed by atoms with E-state index in [2.05, 4.69) is 15.5 Å². The Morgan fingerprint density at radius 1 is 1.32 bits per heavy atom. The number of carbonyl (C=O) groups is 1. The molecule has 2 aliphatic rings. The molecule has 0 spiro atoms. The number of amides is 1. The van der Waals surface area contributed by atoms with Gasteiger partial charge in [0.15, 0.2) is 11.9 Å². The molecule has 0 aromatic carbocycles. The van der Waals surface area contributed by atoms with Gasteiger partial charge in [0.2, 0.25) is 5.89 Å². The molecule has 1 unspecified atom stereocenters. The quantitative estimate of drug-likeness (QED) is 0.660. The number of carbonyl (C=O) groups excluding carboxylic acids is 1. The van der Waals surface area contributed by atoms with Gasteiger partial charge in [-0.15, -0.1) is 0 Å². The van der Waals surface area contributed by atoms with Gasteiger partial charge in [-0.05, 0) is 12.8 Å². The van der Waals surface area contributed by atoms with Crippen molar-refractivity contribution in [1.29, 1.82) is 0 Å². The maximum absolute atomic E-state index is 12.0. The van der Waals surface area contributed by atoms with Gasteiger partial charge in [0, 0.05) is 6.92 Å². The molecular weight excluding hydrogens is 246 g/mol. The van der Waals surface area contributed by atoms with Crippen LogP contribution in [0.3, 0.4) is 0 Å². The smallest absolute Gasteiger partial charge is 0.252 e. The van der Waals surface area contributed by atoms with E-state index in [0.29, 0.717) is 18.3 Å². The minimum absolute atomic E-state index is 0.0515. The van der Waals surface area contributed by atoms with Gasteiger partial charge in [0.25, 0.3) is 5.91 Å². The van der Waals surface area contributed by atoms with Crippen molar-refractivity contribution < 1.29 is 14.1 Å². The average Bonchev–Trinajstić information content (AvgIpc) is 3.17. The standard InChI is InChI=1S/C13H19N3O3/c1-9-14-12(16-19-9)13(6-4-2-3-5-7-13)15-11(17)10-8-18-10/h10H,2-8H2,1H3,(H,15,17). The number of hydrogen-bond acceptors (Lipinski definition) is 5. The molecule has 1 aromatic rings. The summed E-state index contributed by atoms with van der Waals surface area (Å²) in [6.07, 6.45) is 5.96.